The molecule has 8 nitrogen and oxygen atoms in total. The first-order valence-corrected chi connectivity index (χ1v) is 14.6. The van der Waals surface area contributed by atoms with E-state index in [4.69, 9.17) is 14.0 Å². The van der Waals surface area contributed by atoms with Crippen LogP contribution in [0.5, 0.6) is 0 Å². The van der Waals surface area contributed by atoms with Gasteiger partial charge < -0.3 is 13.9 Å². The largest absolute Gasteiger partial charge is 0.339 e. The highest BCUT2D eigenvalue weighted by molar-refractivity contribution is 6.00. The van der Waals surface area contributed by atoms with Crippen molar-refractivity contribution in [3.8, 4) is 11.5 Å². The Morgan fingerprint density at radius 1 is 1.03 bits per heavy atom. The average molecular weight is 532 g/mol. The summed E-state index contributed by atoms with van der Waals surface area (Å²) in [5.74, 6) is 3.38. The zero-order valence-corrected chi connectivity index (χ0v) is 22.4. The minimum Gasteiger partial charge on any atom is -0.339 e. The Hall–Kier alpha value is -3.10. The zero-order valence-electron chi connectivity index (χ0n) is 22.4. The fraction of sp³-hybridized carbons (Fsp3) is 0.633. The molecule has 7 aliphatic carbocycles. The summed E-state index contributed by atoms with van der Waals surface area (Å²) in [7, 11) is 0. The standard InChI is InChI=1S/C30H34FN5O3/c1-2-22-32-24(38-34-22)20-4-3-5-21(14-20)36(26(37)29-15-30(31,16-29)17-29)18-27-8-11-28(12-9-27,13-10-27)25-33-23(35-39-25)19-6-7-19/h3-5,14,19H,2,6-13,15-18H2,1H3. The minimum atomic E-state index is -1.12. The van der Waals surface area contributed by atoms with Crippen molar-refractivity contribution in [1.82, 2.24) is 20.3 Å². The van der Waals surface area contributed by atoms with Crippen LogP contribution in [0, 0.1) is 10.8 Å². The van der Waals surface area contributed by atoms with Gasteiger partial charge in [0.2, 0.25) is 11.8 Å². The molecule has 7 fully saturated rings. The Kier molecular flexibility index (Phi) is 4.86. The van der Waals surface area contributed by atoms with Gasteiger partial charge in [0.25, 0.3) is 5.89 Å². The topological polar surface area (TPSA) is 98.1 Å². The van der Waals surface area contributed by atoms with Gasteiger partial charge in [0.1, 0.15) is 5.67 Å². The molecule has 7 saturated carbocycles. The van der Waals surface area contributed by atoms with E-state index in [1.807, 2.05) is 36.1 Å². The van der Waals surface area contributed by atoms with E-state index < -0.39 is 11.1 Å². The summed E-state index contributed by atoms with van der Waals surface area (Å²) in [5, 5.41) is 8.34. The molecule has 204 valence electrons. The molecule has 0 spiro atoms. The fourth-order valence-electron chi connectivity index (χ4n) is 7.89. The Balaban J connectivity index is 1.07. The molecule has 2 aromatic heterocycles. The van der Waals surface area contributed by atoms with Crippen LogP contribution < -0.4 is 4.90 Å². The number of carbonyl (C=O) groups is 1. The van der Waals surface area contributed by atoms with Crippen molar-refractivity contribution in [3.05, 3.63) is 41.8 Å². The lowest BCUT2D eigenvalue weighted by atomic mass is 9.41. The molecule has 0 radical (unpaired) electrons. The number of halogens is 1. The highest BCUT2D eigenvalue weighted by Gasteiger charge is 2.73. The number of nitrogens with zero attached hydrogens (tertiary/aromatic N) is 5. The first-order valence-electron chi connectivity index (χ1n) is 14.6. The molecule has 7 aliphatic rings. The molecule has 0 N–H and O–H groups in total. The van der Waals surface area contributed by atoms with Crippen molar-refractivity contribution in [2.75, 3.05) is 11.4 Å². The van der Waals surface area contributed by atoms with E-state index in [-0.39, 0.29) is 16.7 Å². The second kappa shape index (κ2) is 7.98. The summed E-state index contributed by atoms with van der Waals surface area (Å²) in [6.07, 6.45) is 10.1. The molecule has 1 amide bonds. The molecule has 2 heterocycles. The predicted molar refractivity (Wildman–Crippen MR) is 140 cm³/mol. The van der Waals surface area contributed by atoms with Gasteiger partial charge in [-0.05, 0) is 94.2 Å². The number of fused-ring (bicyclic) bond motifs is 3. The van der Waals surface area contributed by atoms with Crippen molar-refractivity contribution in [2.24, 2.45) is 10.8 Å². The Bertz CT molecular complexity index is 1410. The number of benzene rings is 1. The van der Waals surface area contributed by atoms with Gasteiger partial charge in [0.15, 0.2) is 11.6 Å². The van der Waals surface area contributed by atoms with Crippen molar-refractivity contribution in [2.45, 2.75) is 101 Å². The lowest BCUT2D eigenvalue weighted by molar-refractivity contribution is -0.211. The molecule has 10 rings (SSSR count). The maximum Gasteiger partial charge on any atom is 0.257 e. The van der Waals surface area contributed by atoms with E-state index in [0.717, 1.165) is 74.3 Å². The highest BCUT2D eigenvalue weighted by Crippen LogP contribution is 2.70. The van der Waals surface area contributed by atoms with Crippen molar-refractivity contribution >= 4 is 11.6 Å². The monoisotopic (exact) mass is 531 g/mol. The number of hydrogen-bond donors (Lipinski definition) is 0. The average Bonchev–Trinajstić information content (AvgIpc) is 3.45. The lowest BCUT2D eigenvalue weighted by Gasteiger charge is -2.65. The van der Waals surface area contributed by atoms with E-state index in [1.54, 1.807) is 0 Å². The predicted octanol–water partition coefficient (Wildman–Crippen LogP) is 6.08. The number of carbonyl (C=O) groups excluding carboxylic acids is 1. The summed E-state index contributed by atoms with van der Waals surface area (Å²) in [4.78, 5) is 25.4. The van der Waals surface area contributed by atoms with E-state index in [0.29, 0.717) is 49.9 Å². The highest BCUT2D eigenvalue weighted by atomic mass is 19.1. The second-order valence-corrected chi connectivity index (χ2v) is 13.3. The van der Waals surface area contributed by atoms with Gasteiger partial charge in [-0.2, -0.15) is 9.97 Å². The smallest absolute Gasteiger partial charge is 0.257 e. The molecular formula is C30H34FN5O3. The maximum atomic E-state index is 14.5. The van der Waals surface area contributed by atoms with Crippen LogP contribution in [0.25, 0.3) is 11.5 Å². The third-order valence-electron chi connectivity index (χ3n) is 10.6. The van der Waals surface area contributed by atoms with E-state index in [9.17, 15) is 9.18 Å². The van der Waals surface area contributed by atoms with Crippen LogP contribution in [0.15, 0.2) is 33.3 Å². The van der Waals surface area contributed by atoms with Crippen LogP contribution in [-0.2, 0) is 16.6 Å². The maximum absolute atomic E-state index is 14.5. The number of amides is 1. The number of hydrogen-bond acceptors (Lipinski definition) is 7. The molecule has 39 heavy (non-hydrogen) atoms. The molecule has 0 atom stereocenters. The Labute approximate surface area is 226 Å². The number of anilines is 1. The Morgan fingerprint density at radius 2 is 1.77 bits per heavy atom. The third-order valence-corrected chi connectivity index (χ3v) is 10.6. The number of alkyl halides is 1. The summed E-state index contributed by atoms with van der Waals surface area (Å²) in [6.45, 7) is 2.63. The second-order valence-electron chi connectivity index (χ2n) is 13.3. The summed E-state index contributed by atoms with van der Waals surface area (Å²) >= 11 is 0. The normalized spacial score (nSPS) is 34.4. The summed E-state index contributed by atoms with van der Waals surface area (Å²) in [5.41, 5.74) is -0.0423. The minimum absolute atomic E-state index is 0.0277. The van der Waals surface area contributed by atoms with Crippen LogP contribution in [0.2, 0.25) is 0 Å². The van der Waals surface area contributed by atoms with Crippen LogP contribution in [0.3, 0.4) is 0 Å². The molecule has 1 aromatic carbocycles. The van der Waals surface area contributed by atoms with Crippen LogP contribution in [0.1, 0.15) is 101 Å². The molecular weight excluding hydrogens is 497 g/mol. The van der Waals surface area contributed by atoms with E-state index >= 15 is 0 Å². The van der Waals surface area contributed by atoms with E-state index in [1.165, 1.54) is 0 Å². The van der Waals surface area contributed by atoms with Gasteiger partial charge in [-0.25, -0.2) is 4.39 Å². The van der Waals surface area contributed by atoms with Gasteiger partial charge in [-0.3, -0.25) is 4.79 Å². The van der Waals surface area contributed by atoms with Gasteiger partial charge in [0.05, 0.1) is 5.41 Å². The molecule has 0 aliphatic heterocycles. The summed E-state index contributed by atoms with van der Waals surface area (Å²) in [6, 6.07) is 7.84. The SMILES string of the molecule is CCc1noc(-c2cccc(N(CC34CCC(c5nc(C6CC6)no5)(CC3)CC4)C(=O)C34CC(F)(C3)C4)c2)n1. The van der Waals surface area contributed by atoms with Crippen molar-refractivity contribution in [1.29, 1.82) is 0 Å². The van der Waals surface area contributed by atoms with Crippen LogP contribution >= 0.6 is 0 Å². The molecule has 3 aromatic rings. The Morgan fingerprint density at radius 3 is 2.41 bits per heavy atom. The van der Waals surface area contributed by atoms with Gasteiger partial charge >= 0.3 is 0 Å². The lowest BCUT2D eigenvalue weighted by Crippen LogP contribution is -2.71. The van der Waals surface area contributed by atoms with Crippen molar-refractivity contribution < 1.29 is 18.2 Å². The summed E-state index contributed by atoms with van der Waals surface area (Å²) < 4.78 is 25.8. The molecule has 4 bridgehead atoms. The zero-order chi connectivity index (χ0) is 26.5. The quantitative estimate of drug-likeness (QED) is 0.348. The van der Waals surface area contributed by atoms with Crippen molar-refractivity contribution in [3.63, 3.8) is 0 Å². The molecule has 9 heteroatoms. The number of aromatic nitrogens is 4. The number of aryl methyl sites for hydroxylation is 1. The van der Waals surface area contributed by atoms with Gasteiger partial charge in [-0.15, -0.1) is 0 Å². The first-order chi connectivity index (χ1) is 18.8. The van der Waals surface area contributed by atoms with Gasteiger partial charge in [0, 0.05) is 35.5 Å². The molecule has 0 unspecified atom stereocenters. The fourth-order valence-corrected chi connectivity index (χ4v) is 7.89. The van der Waals surface area contributed by atoms with Crippen LogP contribution in [0.4, 0.5) is 10.1 Å². The number of rotatable bonds is 8. The third kappa shape index (κ3) is 3.64. The first kappa shape index (κ1) is 23.8. The van der Waals surface area contributed by atoms with Crippen LogP contribution in [-0.4, -0.2) is 38.4 Å². The van der Waals surface area contributed by atoms with E-state index in [2.05, 4.69) is 15.3 Å². The molecule has 0 saturated heterocycles. The van der Waals surface area contributed by atoms with Gasteiger partial charge in [-0.1, -0.05) is 23.3 Å².